The molecule has 96 valence electrons. The van der Waals surface area contributed by atoms with E-state index in [0.717, 1.165) is 5.69 Å². The molecule has 0 saturated heterocycles. The monoisotopic (exact) mass is 264 g/mol. The Morgan fingerprint density at radius 2 is 2.11 bits per heavy atom. The number of pyridine rings is 1. The molecule has 0 saturated carbocycles. The largest absolute Gasteiger partial charge is 0.331 e. The Morgan fingerprint density at radius 3 is 2.61 bits per heavy atom. The van der Waals surface area contributed by atoms with Crippen LogP contribution in [0.15, 0.2) is 12.1 Å². The lowest BCUT2D eigenvalue weighted by atomic mass is 9.91. The molecule has 0 bridgehead atoms. The minimum absolute atomic E-state index is 0.150. The zero-order valence-corrected chi connectivity index (χ0v) is 11.9. The maximum absolute atomic E-state index is 12.1. The Bertz CT molecular complexity index is 497. The van der Waals surface area contributed by atoms with E-state index < -0.39 is 0 Å². The van der Waals surface area contributed by atoms with Crippen molar-refractivity contribution in [1.29, 1.82) is 0 Å². The van der Waals surface area contributed by atoms with Crippen LogP contribution in [-0.4, -0.2) is 29.4 Å². The molecule has 1 aromatic heterocycles. The second-order valence-corrected chi connectivity index (χ2v) is 5.57. The molecule has 18 heavy (non-hydrogen) atoms. The fourth-order valence-electron chi connectivity index (χ4n) is 1.43. The number of amides is 1. The number of hydrogen-bond acceptors (Lipinski definition) is 2. The predicted molar refractivity (Wildman–Crippen MR) is 73.7 cm³/mol. The standard InChI is InChI=1S/C14H17ClN2O/c1-6-7-17(5)13(18)10-8-11(14(2,3)4)16-12(15)9-10/h1,8-9H,7H2,2-5H3. The number of rotatable bonds is 2. The molecule has 0 unspecified atom stereocenters. The number of nitrogens with zero attached hydrogens (tertiary/aromatic N) is 2. The highest BCUT2D eigenvalue weighted by Gasteiger charge is 2.20. The highest BCUT2D eigenvalue weighted by Crippen LogP contribution is 2.23. The van der Waals surface area contributed by atoms with E-state index in [-0.39, 0.29) is 17.9 Å². The highest BCUT2D eigenvalue weighted by molar-refractivity contribution is 6.29. The first-order chi connectivity index (χ1) is 8.25. The first-order valence-corrected chi connectivity index (χ1v) is 6.00. The average molecular weight is 265 g/mol. The van der Waals surface area contributed by atoms with Gasteiger partial charge in [0.2, 0.25) is 0 Å². The molecule has 0 spiro atoms. The lowest BCUT2D eigenvalue weighted by Gasteiger charge is -2.20. The third-order valence-electron chi connectivity index (χ3n) is 2.48. The van der Waals surface area contributed by atoms with Crippen molar-refractivity contribution in [2.24, 2.45) is 0 Å². The molecular weight excluding hydrogens is 248 g/mol. The Hall–Kier alpha value is -1.53. The van der Waals surface area contributed by atoms with Gasteiger partial charge in [0.15, 0.2) is 0 Å². The Morgan fingerprint density at radius 1 is 1.50 bits per heavy atom. The Labute approximate surface area is 113 Å². The van der Waals surface area contributed by atoms with Crippen LogP contribution in [0.4, 0.5) is 0 Å². The van der Waals surface area contributed by atoms with Crippen molar-refractivity contribution in [2.75, 3.05) is 13.6 Å². The molecule has 0 aliphatic rings. The summed E-state index contributed by atoms with van der Waals surface area (Å²) in [6, 6.07) is 3.33. The van der Waals surface area contributed by atoms with Crippen molar-refractivity contribution in [1.82, 2.24) is 9.88 Å². The van der Waals surface area contributed by atoms with E-state index in [1.807, 2.05) is 20.8 Å². The van der Waals surface area contributed by atoms with E-state index in [2.05, 4.69) is 10.9 Å². The summed E-state index contributed by atoms with van der Waals surface area (Å²) in [5.74, 6) is 2.28. The molecular formula is C14H17ClN2O. The first kappa shape index (κ1) is 14.5. The van der Waals surface area contributed by atoms with Gasteiger partial charge in [-0.3, -0.25) is 4.79 Å². The van der Waals surface area contributed by atoms with Crippen LogP contribution >= 0.6 is 11.6 Å². The number of hydrogen-bond donors (Lipinski definition) is 0. The number of halogens is 1. The molecule has 0 fully saturated rings. The van der Waals surface area contributed by atoms with Crippen LogP contribution < -0.4 is 0 Å². The molecule has 3 nitrogen and oxygen atoms in total. The van der Waals surface area contributed by atoms with Crippen molar-refractivity contribution in [3.63, 3.8) is 0 Å². The zero-order valence-electron chi connectivity index (χ0n) is 11.1. The second kappa shape index (κ2) is 5.41. The molecule has 0 N–H and O–H groups in total. The quantitative estimate of drug-likeness (QED) is 0.608. The fourth-order valence-corrected chi connectivity index (χ4v) is 1.64. The van der Waals surface area contributed by atoms with Crippen molar-refractivity contribution < 1.29 is 4.79 Å². The molecule has 0 aromatic carbocycles. The molecule has 1 rings (SSSR count). The molecule has 0 aliphatic heterocycles. The first-order valence-electron chi connectivity index (χ1n) is 5.62. The van der Waals surface area contributed by atoms with Crippen LogP contribution in [0.3, 0.4) is 0 Å². The van der Waals surface area contributed by atoms with Crippen LogP contribution in [0.5, 0.6) is 0 Å². The topological polar surface area (TPSA) is 33.2 Å². The maximum Gasteiger partial charge on any atom is 0.254 e. The molecule has 1 heterocycles. The van der Waals surface area contributed by atoms with Crippen molar-refractivity contribution in [3.05, 3.63) is 28.5 Å². The third-order valence-corrected chi connectivity index (χ3v) is 2.68. The van der Waals surface area contributed by atoms with Crippen molar-refractivity contribution >= 4 is 17.5 Å². The minimum Gasteiger partial charge on any atom is -0.331 e. The van der Waals surface area contributed by atoms with E-state index in [1.165, 1.54) is 4.90 Å². The van der Waals surface area contributed by atoms with Gasteiger partial charge < -0.3 is 4.90 Å². The van der Waals surface area contributed by atoms with E-state index in [9.17, 15) is 4.79 Å². The number of terminal acetylenes is 1. The van der Waals surface area contributed by atoms with Crippen molar-refractivity contribution in [2.45, 2.75) is 26.2 Å². The van der Waals surface area contributed by atoms with Gasteiger partial charge in [-0.05, 0) is 12.1 Å². The molecule has 0 atom stereocenters. The van der Waals surface area contributed by atoms with Gasteiger partial charge in [-0.2, -0.15) is 0 Å². The van der Waals surface area contributed by atoms with Gasteiger partial charge in [-0.25, -0.2) is 4.98 Å². The number of carbonyl (C=O) groups is 1. The fraction of sp³-hybridized carbons (Fsp3) is 0.429. The highest BCUT2D eigenvalue weighted by atomic mass is 35.5. The summed E-state index contributed by atoms with van der Waals surface area (Å²) in [6.45, 7) is 6.32. The SMILES string of the molecule is C#CCN(C)C(=O)c1cc(Cl)nc(C(C)(C)C)c1. The molecule has 1 aromatic rings. The van der Waals surface area contributed by atoms with Gasteiger partial charge in [-0.15, -0.1) is 6.42 Å². The van der Waals surface area contributed by atoms with Gasteiger partial charge in [-0.1, -0.05) is 38.3 Å². The van der Waals surface area contributed by atoms with E-state index >= 15 is 0 Å². The van der Waals surface area contributed by atoms with Gasteiger partial charge in [0.05, 0.1) is 6.54 Å². The maximum atomic E-state index is 12.1. The summed E-state index contributed by atoms with van der Waals surface area (Å²) in [4.78, 5) is 17.8. The minimum atomic E-state index is -0.162. The summed E-state index contributed by atoms with van der Waals surface area (Å²) >= 11 is 5.96. The average Bonchev–Trinajstić information content (AvgIpc) is 2.26. The smallest absolute Gasteiger partial charge is 0.254 e. The molecule has 0 radical (unpaired) electrons. The third kappa shape index (κ3) is 3.48. The van der Waals surface area contributed by atoms with E-state index in [4.69, 9.17) is 18.0 Å². The molecule has 1 amide bonds. The summed E-state index contributed by atoms with van der Waals surface area (Å²) in [5.41, 5.74) is 1.13. The summed E-state index contributed by atoms with van der Waals surface area (Å²) < 4.78 is 0. The van der Waals surface area contributed by atoms with Gasteiger partial charge in [0.25, 0.3) is 5.91 Å². The van der Waals surface area contributed by atoms with E-state index in [0.29, 0.717) is 10.7 Å². The summed E-state index contributed by atoms with van der Waals surface area (Å²) in [5, 5.41) is 0.319. The lowest BCUT2D eigenvalue weighted by Crippen LogP contribution is -2.27. The zero-order chi connectivity index (χ0) is 13.9. The van der Waals surface area contributed by atoms with Crippen LogP contribution in [0.1, 0.15) is 36.8 Å². The van der Waals surface area contributed by atoms with E-state index in [1.54, 1.807) is 19.2 Å². The summed E-state index contributed by atoms with van der Waals surface area (Å²) in [7, 11) is 1.66. The number of carbonyl (C=O) groups excluding carboxylic acids is 1. The van der Waals surface area contributed by atoms with Crippen LogP contribution in [0.25, 0.3) is 0 Å². The van der Waals surface area contributed by atoms with Gasteiger partial charge in [0.1, 0.15) is 5.15 Å². The molecule has 0 aliphatic carbocycles. The Balaban J connectivity index is 3.15. The van der Waals surface area contributed by atoms with Gasteiger partial charge >= 0.3 is 0 Å². The normalized spacial score (nSPS) is 10.9. The Kier molecular flexibility index (Phi) is 4.37. The lowest BCUT2D eigenvalue weighted by molar-refractivity contribution is 0.0812. The van der Waals surface area contributed by atoms with Gasteiger partial charge in [0, 0.05) is 23.7 Å². The number of aromatic nitrogens is 1. The van der Waals surface area contributed by atoms with Crippen molar-refractivity contribution in [3.8, 4) is 12.3 Å². The predicted octanol–water partition coefficient (Wildman–Crippen LogP) is 2.74. The summed E-state index contributed by atoms with van der Waals surface area (Å²) in [6.07, 6.45) is 5.19. The molecule has 4 heteroatoms. The van der Waals surface area contributed by atoms with Crippen LogP contribution in [0, 0.1) is 12.3 Å². The second-order valence-electron chi connectivity index (χ2n) is 5.18. The van der Waals surface area contributed by atoms with Crippen LogP contribution in [0.2, 0.25) is 5.15 Å². The van der Waals surface area contributed by atoms with Crippen LogP contribution in [-0.2, 0) is 5.41 Å².